The van der Waals surface area contributed by atoms with Gasteiger partial charge in [0.25, 0.3) is 0 Å². The maximum Gasteiger partial charge on any atom is 0.188 e. The van der Waals surface area contributed by atoms with E-state index in [4.69, 9.17) is 15.4 Å². The fraction of sp³-hybridized carbons (Fsp3) is 0. The summed E-state index contributed by atoms with van der Waals surface area (Å²) in [7, 11) is 0. The fourth-order valence-electron chi connectivity index (χ4n) is 6.09. The Morgan fingerprint density at radius 2 is 1.27 bits per heavy atom. The van der Waals surface area contributed by atoms with E-state index in [9.17, 15) is 10.5 Å². The molecule has 5 nitrogen and oxygen atoms in total. The summed E-state index contributed by atoms with van der Waals surface area (Å²) in [5.41, 5.74) is 10.2. The molecule has 0 aliphatic rings. The highest BCUT2D eigenvalue weighted by molar-refractivity contribution is 6.13. The average Bonchev–Trinajstić information content (AvgIpc) is 3.64. The van der Waals surface area contributed by atoms with Gasteiger partial charge in [0.05, 0.1) is 29.8 Å². The van der Waals surface area contributed by atoms with Gasteiger partial charge in [0.2, 0.25) is 0 Å². The molecule has 0 saturated heterocycles. The summed E-state index contributed by atoms with van der Waals surface area (Å²) in [5, 5.41) is 23.0. The summed E-state index contributed by atoms with van der Waals surface area (Å²) in [6.45, 7) is 7.54. The SMILES string of the molecule is [C-]#[N+]c1ccc2oc3cccc(-c4cc(-c5ccc6c(c5)oc5ccc(C#N)cc56)cc(-c5ccccc5C#N)c4)c3c2c1. The van der Waals surface area contributed by atoms with Gasteiger partial charge >= 0.3 is 0 Å². The van der Waals surface area contributed by atoms with E-state index in [0.29, 0.717) is 16.8 Å². The Balaban J connectivity index is 1.39. The van der Waals surface area contributed by atoms with Crippen LogP contribution < -0.4 is 0 Å². The Morgan fingerprint density at radius 1 is 0.523 bits per heavy atom. The summed E-state index contributed by atoms with van der Waals surface area (Å²) in [6, 6.07) is 41.5. The van der Waals surface area contributed by atoms with E-state index in [1.54, 1.807) is 12.1 Å². The molecule has 0 N–H and O–H groups in total. The minimum absolute atomic E-state index is 0.549. The van der Waals surface area contributed by atoms with Crippen molar-refractivity contribution in [2.24, 2.45) is 0 Å². The molecule has 0 saturated carbocycles. The van der Waals surface area contributed by atoms with Crippen molar-refractivity contribution in [2.45, 2.75) is 0 Å². The first-order chi connectivity index (χ1) is 21.6. The summed E-state index contributed by atoms with van der Waals surface area (Å²) >= 11 is 0. The van der Waals surface area contributed by atoms with E-state index < -0.39 is 0 Å². The predicted molar refractivity (Wildman–Crippen MR) is 173 cm³/mol. The van der Waals surface area contributed by atoms with Crippen LogP contribution >= 0.6 is 0 Å². The number of hydrogen-bond acceptors (Lipinski definition) is 4. The van der Waals surface area contributed by atoms with Gasteiger partial charge in [-0.3, -0.25) is 0 Å². The maximum atomic E-state index is 9.94. The van der Waals surface area contributed by atoms with Crippen molar-refractivity contribution in [3.05, 3.63) is 138 Å². The number of nitriles is 2. The predicted octanol–water partition coefficient (Wildman–Crippen LogP) is 10.8. The fourth-order valence-corrected chi connectivity index (χ4v) is 6.09. The van der Waals surface area contributed by atoms with Crippen molar-refractivity contribution in [2.75, 3.05) is 0 Å². The molecule has 8 aromatic rings. The number of fused-ring (bicyclic) bond motifs is 6. The van der Waals surface area contributed by atoms with Crippen LogP contribution in [-0.4, -0.2) is 0 Å². The molecular weight excluding hydrogens is 542 g/mol. The van der Waals surface area contributed by atoms with Crippen LogP contribution in [0.2, 0.25) is 0 Å². The van der Waals surface area contributed by atoms with E-state index in [1.807, 2.05) is 72.8 Å². The van der Waals surface area contributed by atoms with Crippen LogP contribution in [0, 0.1) is 29.2 Å². The molecule has 2 aromatic heterocycles. The third-order valence-electron chi connectivity index (χ3n) is 8.14. The van der Waals surface area contributed by atoms with Crippen LogP contribution in [0.25, 0.3) is 82.1 Å². The van der Waals surface area contributed by atoms with Crippen molar-refractivity contribution in [3.63, 3.8) is 0 Å². The van der Waals surface area contributed by atoms with Crippen molar-refractivity contribution >= 4 is 49.6 Å². The molecule has 8 rings (SSSR count). The second-order valence-corrected chi connectivity index (χ2v) is 10.7. The average molecular weight is 562 g/mol. The van der Waals surface area contributed by atoms with E-state index in [2.05, 4.69) is 47.3 Å². The molecule has 0 atom stereocenters. The van der Waals surface area contributed by atoms with Crippen molar-refractivity contribution in [3.8, 4) is 45.5 Å². The van der Waals surface area contributed by atoms with Crippen LogP contribution in [-0.2, 0) is 0 Å². The molecule has 0 radical (unpaired) electrons. The summed E-state index contributed by atoms with van der Waals surface area (Å²) in [4.78, 5) is 3.64. The van der Waals surface area contributed by atoms with Crippen LogP contribution in [0.1, 0.15) is 11.1 Å². The normalized spacial score (nSPS) is 11.1. The number of furan rings is 2. The maximum absolute atomic E-state index is 9.94. The third-order valence-corrected chi connectivity index (χ3v) is 8.14. The van der Waals surface area contributed by atoms with Gasteiger partial charge in [-0.25, -0.2) is 4.85 Å². The Labute approximate surface area is 251 Å². The first kappa shape index (κ1) is 25.1. The van der Waals surface area contributed by atoms with Gasteiger partial charge in [-0.2, -0.15) is 10.5 Å². The lowest BCUT2D eigenvalue weighted by Crippen LogP contribution is -1.89. The lowest BCUT2D eigenvalue weighted by atomic mass is 9.90. The van der Waals surface area contributed by atoms with Gasteiger partial charge in [0, 0.05) is 21.5 Å². The quantitative estimate of drug-likeness (QED) is 0.201. The van der Waals surface area contributed by atoms with Crippen LogP contribution in [0.4, 0.5) is 5.69 Å². The first-order valence-corrected chi connectivity index (χ1v) is 14.0. The molecule has 202 valence electrons. The Kier molecular flexibility index (Phi) is 5.56. The summed E-state index contributed by atoms with van der Waals surface area (Å²) in [6.07, 6.45) is 0. The smallest absolute Gasteiger partial charge is 0.188 e. The van der Waals surface area contributed by atoms with E-state index in [-0.39, 0.29) is 0 Å². The molecule has 0 spiro atoms. The molecule has 6 aromatic carbocycles. The Hall–Kier alpha value is -6.61. The van der Waals surface area contributed by atoms with Crippen molar-refractivity contribution in [1.29, 1.82) is 10.5 Å². The third kappa shape index (κ3) is 3.92. The Bertz CT molecular complexity index is 2600. The van der Waals surface area contributed by atoms with Gasteiger partial charge < -0.3 is 8.83 Å². The molecule has 44 heavy (non-hydrogen) atoms. The van der Waals surface area contributed by atoms with Gasteiger partial charge in [-0.15, -0.1) is 0 Å². The second-order valence-electron chi connectivity index (χ2n) is 10.7. The van der Waals surface area contributed by atoms with Crippen molar-refractivity contribution < 1.29 is 8.83 Å². The minimum atomic E-state index is 0.549. The highest BCUT2D eigenvalue weighted by Gasteiger charge is 2.17. The van der Waals surface area contributed by atoms with Gasteiger partial charge in [0.15, 0.2) is 5.69 Å². The monoisotopic (exact) mass is 561 g/mol. The summed E-state index contributed by atoms with van der Waals surface area (Å²) < 4.78 is 12.4. The van der Waals surface area contributed by atoms with E-state index in [0.717, 1.165) is 77.3 Å². The number of hydrogen-bond donors (Lipinski definition) is 0. The highest BCUT2D eigenvalue weighted by atomic mass is 16.3. The largest absolute Gasteiger partial charge is 0.456 e. The van der Waals surface area contributed by atoms with Gasteiger partial charge in [-0.1, -0.05) is 42.5 Å². The van der Waals surface area contributed by atoms with E-state index in [1.165, 1.54) is 0 Å². The van der Waals surface area contributed by atoms with Crippen molar-refractivity contribution in [1.82, 2.24) is 0 Å². The van der Waals surface area contributed by atoms with Crippen LogP contribution in [0.15, 0.2) is 124 Å². The zero-order chi connectivity index (χ0) is 29.8. The molecule has 0 aliphatic heterocycles. The first-order valence-electron chi connectivity index (χ1n) is 14.0. The Morgan fingerprint density at radius 3 is 2.11 bits per heavy atom. The number of nitrogens with zero attached hydrogens (tertiary/aromatic N) is 3. The molecular formula is C39H19N3O2. The lowest BCUT2D eigenvalue weighted by molar-refractivity contribution is 0.668. The second kappa shape index (κ2) is 9.74. The van der Waals surface area contributed by atoms with Crippen LogP contribution in [0.5, 0.6) is 0 Å². The molecule has 0 aliphatic carbocycles. The van der Waals surface area contributed by atoms with Gasteiger partial charge in [-0.05, 0) is 106 Å². The molecule has 2 heterocycles. The van der Waals surface area contributed by atoms with Crippen LogP contribution in [0.3, 0.4) is 0 Å². The molecule has 0 fully saturated rings. The molecule has 0 amide bonds. The number of rotatable bonds is 3. The number of benzene rings is 6. The lowest BCUT2D eigenvalue weighted by Gasteiger charge is -2.13. The molecule has 0 bridgehead atoms. The molecule has 5 heteroatoms. The standard InChI is InChI=1S/C39H19N3O2/c1-42-29-11-14-36-34(20-29)39-31(7-4-8-37(39)43-36)28-17-26(16-27(18-28)30-6-3-2-5-25(30)22-41)24-10-12-32-33-15-23(21-40)9-13-35(33)44-38(32)19-24/h2-20H. The summed E-state index contributed by atoms with van der Waals surface area (Å²) in [5.74, 6) is 0. The highest BCUT2D eigenvalue weighted by Crippen LogP contribution is 2.42. The molecule has 0 unspecified atom stereocenters. The van der Waals surface area contributed by atoms with Gasteiger partial charge in [0.1, 0.15) is 22.3 Å². The zero-order valence-electron chi connectivity index (χ0n) is 23.1. The zero-order valence-corrected chi connectivity index (χ0v) is 23.1. The minimum Gasteiger partial charge on any atom is -0.456 e. The van der Waals surface area contributed by atoms with E-state index >= 15 is 0 Å². The topological polar surface area (TPSA) is 78.2 Å².